The lowest BCUT2D eigenvalue weighted by atomic mass is 9.45. The Kier molecular flexibility index (Phi) is 11.1. The first-order valence-electron chi connectivity index (χ1n) is 19.4. The molecular weight excluding hydrogens is 616 g/mol. The summed E-state index contributed by atoms with van der Waals surface area (Å²) in [5, 5.41) is 43.5. The number of fused-ring (bicyclic) bond motifs is 6. The van der Waals surface area contributed by atoms with Crippen LogP contribution in [0.3, 0.4) is 0 Å². The highest BCUT2D eigenvalue weighted by molar-refractivity contribution is 5.65. The van der Waals surface area contributed by atoms with E-state index in [-0.39, 0.29) is 66.3 Å². The van der Waals surface area contributed by atoms with E-state index in [0.29, 0.717) is 55.5 Å². The Bertz CT molecular complexity index is 1090. The fraction of sp³-hybridized carbons (Fsp3) is 0.973. The number of aliphatic hydroxyl groups is 4. The third-order valence-corrected chi connectivity index (χ3v) is 14.7. The van der Waals surface area contributed by atoms with Crippen molar-refractivity contribution in [3.8, 4) is 0 Å². The number of carbonyl (C=O) groups excluding carboxylic acids is 1. The number of hydrogen-bond acceptors (Lipinski definition) is 10. The Labute approximate surface area is 286 Å². The molecule has 274 valence electrons. The van der Waals surface area contributed by atoms with E-state index in [1.165, 1.54) is 39.0 Å². The van der Waals surface area contributed by atoms with Crippen LogP contribution in [0.4, 0.5) is 0 Å². The van der Waals surface area contributed by atoms with E-state index in [4.69, 9.17) is 24.7 Å². The van der Waals surface area contributed by atoms with Gasteiger partial charge in [-0.3, -0.25) is 10.5 Å². The van der Waals surface area contributed by atoms with E-state index < -0.39 is 25.1 Å². The zero-order valence-corrected chi connectivity index (χ0v) is 29.0. The second kappa shape index (κ2) is 15.0. The zero-order valence-electron chi connectivity index (χ0n) is 29.0. The fourth-order valence-corrected chi connectivity index (χ4v) is 13.0. The van der Waals surface area contributed by atoms with Gasteiger partial charge in [0, 0.05) is 25.2 Å². The van der Waals surface area contributed by atoms with Crippen LogP contribution in [0.2, 0.25) is 0 Å². The highest BCUT2D eigenvalue weighted by Crippen LogP contribution is 2.68. The number of quaternary nitrogens is 1. The van der Waals surface area contributed by atoms with Crippen LogP contribution in [0.15, 0.2) is 0 Å². The molecule has 0 aromatic carbocycles. The standard InChI is InChI=1S/C37H62N2O9/c1-20(42)45-17-28-26-4-5-27-33-24(11-25(43)13-31(33)47-19-41)15-37(9-8-21(14-37)10-22-2-7-32(38)39-16-22)34(27)36(26)48-35(28)23-3-6-29(44)30(12-23)46-18-40/h21-36,39-41,43-44H,2-19,38H2,1H3/p+1/t21-,22?,23?,24?,25?,26?,27?,28+,29?,30?,31?,32?,33?,34?,35+,36?,37-/m0/s1. The average Bonchev–Trinajstić information content (AvgIpc) is 3.63. The Morgan fingerprint density at radius 2 is 1.67 bits per heavy atom. The number of rotatable bonds is 9. The molecule has 0 aromatic rings. The molecule has 5 aliphatic carbocycles. The van der Waals surface area contributed by atoms with Crippen LogP contribution in [0.5, 0.6) is 0 Å². The van der Waals surface area contributed by atoms with E-state index in [0.717, 1.165) is 45.1 Å². The second-order valence-corrected chi connectivity index (χ2v) is 17.2. The van der Waals surface area contributed by atoms with Crippen LogP contribution < -0.4 is 11.1 Å². The molecule has 7 fully saturated rings. The molecule has 13 unspecified atom stereocenters. The topological polar surface area (TPSA) is 178 Å². The number of nitrogens with two attached hydrogens (primary N) is 2. The lowest BCUT2D eigenvalue weighted by molar-refractivity contribution is -0.703. The number of hydrogen-bond donors (Lipinski definition) is 6. The van der Waals surface area contributed by atoms with Gasteiger partial charge in [0.2, 0.25) is 0 Å². The molecule has 8 N–H and O–H groups in total. The minimum Gasteiger partial charge on any atom is -0.465 e. The molecule has 0 aromatic heterocycles. The SMILES string of the molecule is CC(=O)OC[C@@H]1C2CCC3C4C(CC(O)CC4OCO)C[C@@]4(CC[C@@H](CC5CCC(N)[NH2+]C5)C4)C3C2O[C@@H]1C1CCC(O)C(OCO)C1. The highest BCUT2D eigenvalue weighted by Gasteiger charge is 2.65. The van der Waals surface area contributed by atoms with Gasteiger partial charge in [-0.2, -0.15) is 0 Å². The van der Waals surface area contributed by atoms with Crippen molar-refractivity contribution in [2.45, 2.75) is 140 Å². The molecule has 7 aliphatic rings. The molecule has 11 heteroatoms. The smallest absolute Gasteiger partial charge is 0.302 e. The molecule has 7 rings (SSSR count). The molecule has 5 saturated carbocycles. The third-order valence-electron chi connectivity index (χ3n) is 14.7. The van der Waals surface area contributed by atoms with Crippen molar-refractivity contribution in [1.29, 1.82) is 0 Å². The largest absolute Gasteiger partial charge is 0.465 e. The predicted octanol–water partition coefficient (Wildman–Crippen LogP) is 1.63. The summed E-state index contributed by atoms with van der Waals surface area (Å²) in [6.07, 6.45) is 12.3. The van der Waals surface area contributed by atoms with Gasteiger partial charge in [0.1, 0.15) is 19.8 Å². The Morgan fingerprint density at radius 1 is 0.875 bits per heavy atom. The van der Waals surface area contributed by atoms with Crippen molar-refractivity contribution in [2.24, 2.45) is 64.4 Å². The van der Waals surface area contributed by atoms with Gasteiger partial charge in [-0.05, 0) is 130 Å². The van der Waals surface area contributed by atoms with E-state index in [9.17, 15) is 25.2 Å². The van der Waals surface area contributed by atoms with Crippen molar-refractivity contribution in [1.82, 2.24) is 0 Å². The molecule has 17 atom stereocenters. The van der Waals surface area contributed by atoms with Crippen molar-refractivity contribution >= 4 is 5.97 Å². The van der Waals surface area contributed by atoms with Gasteiger partial charge in [0.15, 0.2) is 0 Å². The van der Waals surface area contributed by atoms with E-state index in [2.05, 4.69) is 5.32 Å². The van der Waals surface area contributed by atoms with Crippen LogP contribution in [-0.2, 0) is 23.7 Å². The van der Waals surface area contributed by atoms with Gasteiger partial charge in [-0.15, -0.1) is 0 Å². The summed E-state index contributed by atoms with van der Waals surface area (Å²) in [5.41, 5.74) is 6.34. The van der Waals surface area contributed by atoms with Crippen molar-refractivity contribution in [3.63, 3.8) is 0 Å². The summed E-state index contributed by atoms with van der Waals surface area (Å²) in [7, 11) is 0. The molecule has 11 nitrogen and oxygen atoms in total. The van der Waals surface area contributed by atoms with E-state index in [1.54, 1.807) is 0 Å². The van der Waals surface area contributed by atoms with Crippen LogP contribution in [0.25, 0.3) is 0 Å². The Morgan fingerprint density at radius 3 is 2.42 bits per heavy atom. The normalized spacial score (nSPS) is 50.5. The minimum atomic E-state index is -0.607. The first-order chi connectivity index (χ1) is 23.2. The minimum absolute atomic E-state index is 0.0423. The van der Waals surface area contributed by atoms with Gasteiger partial charge in [-0.25, -0.2) is 0 Å². The predicted molar refractivity (Wildman–Crippen MR) is 174 cm³/mol. The van der Waals surface area contributed by atoms with Crippen LogP contribution in [0.1, 0.15) is 96.8 Å². The number of aliphatic hydroxyl groups excluding tert-OH is 4. The summed E-state index contributed by atoms with van der Waals surface area (Å²) >= 11 is 0. The second-order valence-electron chi connectivity index (χ2n) is 17.2. The van der Waals surface area contributed by atoms with Crippen molar-refractivity contribution in [3.05, 3.63) is 0 Å². The highest BCUT2D eigenvalue weighted by atomic mass is 16.6. The zero-order chi connectivity index (χ0) is 33.6. The summed E-state index contributed by atoms with van der Waals surface area (Å²) in [6.45, 7) is 2.20. The molecule has 2 saturated heterocycles. The van der Waals surface area contributed by atoms with Gasteiger partial charge in [0.25, 0.3) is 0 Å². The summed E-state index contributed by atoms with van der Waals surface area (Å²) < 4.78 is 24.8. The lowest BCUT2D eigenvalue weighted by Crippen LogP contribution is -2.95. The van der Waals surface area contributed by atoms with Crippen LogP contribution >= 0.6 is 0 Å². The lowest BCUT2D eigenvalue weighted by Gasteiger charge is -2.61. The van der Waals surface area contributed by atoms with E-state index >= 15 is 0 Å². The van der Waals surface area contributed by atoms with Crippen molar-refractivity contribution < 1.29 is 49.5 Å². The summed E-state index contributed by atoms with van der Waals surface area (Å²) in [4.78, 5) is 12.1. The van der Waals surface area contributed by atoms with E-state index in [1.807, 2.05) is 0 Å². The maximum Gasteiger partial charge on any atom is 0.302 e. The summed E-state index contributed by atoms with van der Waals surface area (Å²) in [5.74, 6) is 2.99. The van der Waals surface area contributed by atoms with Gasteiger partial charge in [0.05, 0.1) is 49.8 Å². The van der Waals surface area contributed by atoms with Gasteiger partial charge >= 0.3 is 5.97 Å². The maximum absolute atomic E-state index is 12.1. The third kappa shape index (κ3) is 6.98. The molecule has 0 bridgehead atoms. The molecule has 1 spiro atoms. The molecular formula is C37H63N2O9+. The first-order valence-corrected chi connectivity index (χ1v) is 19.4. The van der Waals surface area contributed by atoms with Gasteiger partial charge < -0.3 is 44.7 Å². The molecule has 0 amide bonds. The Balaban J connectivity index is 1.19. The summed E-state index contributed by atoms with van der Waals surface area (Å²) in [6, 6.07) is 0. The quantitative estimate of drug-likeness (QED) is 0.155. The fourth-order valence-electron chi connectivity index (χ4n) is 13.0. The first kappa shape index (κ1) is 35.5. The number of piperidine rings is 1. The van der Waals surface area contributed by atoms with Crippen molar-refractivity contribution in [2.75, 3.05) is 26.7 Å². The monoisotopic (exact) mass is 679 g/mol. The maximum atomic E-state index is 12.1. The van der Waals surface area contributed by atoms with Crippen LogP contribution in [-0.4, -0.2) is 95.9 Å². The number of ether oxygens (including phenoxy) is 4. The average molecular weight is 680 g/mol. The molecule has 48 heavy (non-hydrogen) atoms. The van der Waals surface area contributed by atoms with Gasteiger partial charge in [-0.1, -0.05) is 0 Å². The Hall–Kier alpha value is -0.890. The van der Waals surface area contributed by atoms with Crippen LogP contribution in [0, 0.1) is 58.7 Å². The number of carbonyl (C=O) groups is 1. The molecule has 0 radical (unpaired) electrons. The molecule has 2 aliphatic heterocycles. The number of esters is 1. The molecule has 2 heterocycles.